The Morgan fingerprint density at radius 1 is 1.43 bits per heavy atom. The predicted octanol–water partition coefficient (Wildman–Crippen LogP) is 1.80. The summed E-state index contributed by atoms with van der Waals surface area (Å²) in [5.41, 5.74) is 0.401. The molecule has 0 fully saturated rings. The van der Waals surface area contributed by atoms with Gasteiger partial charge in [0.2, 0.25) is 0 Å². The number of aromatic amines is 1. The average Bonchev–Trinajstić information content (AvgIpc) is 2.89. The van der Waals surface area contributed by atoms with E-state index in [4.69, 9.17) is 5.11 Å². The third-order valence-corrected chi connectivity index (χ3v) is 3.41. The van der Waals surface area contributed by atoms with Crippen LogP contribution in [0, 0.1) is 10.1 Å². The van der Waals surface area contributed by atoms with E-state index in [9.17, 15) is 19.7 Å². The molecule has 0 saturated carbocycles. The van der Waals surface area contributed by atoms with Crippen LogP contribution < -0.4 is 0 Å². The highest BCUT2D eigenvalue weighted by Gasteiger charge is 2.24. The summed E-state index contributed by atoms with van der Waals surface area (Å²) in [6, 6.07) is 3.85. The maximum atomic E-state index is 12.6. The maximum Gasteiger partial charge on any atom is 0.305 e. The molecule has 1 heterocycles. The molecule has 0 radical (unpaired) electrons. The highest BCUT2D eigenvalue weighted by Crippen LogP contribution is 2.23. The number of amides is 1. The summed E-state index contributed by atoms with van der Waals surface area (Å²) in [5, 5.41) is 26.6. The van der Waals surface area contributed by atoms with E-state index >= 15 is 0 Å². The van der Waals surface area contributed by atoms with Crippen molar-refractivity contribution in [1.82, 2.24) is 15.1 Å². The van der Waals surface area contributed by atoms with E-state index in [1.165, 1.54) is 23.1 Å². The van der Waals surface area contributed by atoms with E-state index in [0.717, 1.165) is 0 Å². The van der Waals surface area contributed by atoms with Crippen LogP contribution in [0.3, 0.4) is 0 Å². The molecule has 0 aliphatic rings. The molecule has 0 bridgehead atoms. The molecule has 1 aromatic carbocycles. The first-order valence-corrected chi connectivity index (χ1v) is 6.96. The SMILES string of the molecule is CC(C)N(CCC(=O)O)C(=O)c1n[nH]c2ccc([N+](=O)[O-])cc12. The second-order valence-corrected chi connectivity index (χ2v) is 5.30. The second-order valence-electron chi connectivity index (χ2n) is 5.30. The van der Waals surface area contributed by atoms with Crippen LogP contribution in [-0.4, -0.2) is 49.6 Å². The Kier molecular flexibility index (Phi) is 4.58. The number of nitro benzene ring substituents is 1. The third-order valence-electron chi connectivity index (χ3n) is 3.41. The first-order valence-electron chi connectivity index (χ1n) is 6.96. The number of fused-ring (bicyclic) bond motifs is 1. The number of aliphatic carboxylic acids is 1. The molecule has 2 N–H and O–H groups in total. The Morgan fingerprint density at radius 2 is 2.13 bits per heavy atom. The minimum atomic E-state index is -1.01. The number of nitro groups is 1. The van der Waals surface area contributed by atoms with Crippen LogP contribution in [0.15, 0.2) is 18.2 Å². The van der Waals surface area contributed by atoms with E-state index in [2.05, 4.69) is 10.2 Å². The Morgan fingerprint density at radius 3 is 2.70 bits per heavy atom. The molecule has 0 spiro atoms. The van der Waals surface area contributed by atoms with Crippen molar-refractivity contribution >= 4 is 28.5 Å². The number of rotatable bonds is 6. The van der Waals surface area contributed by atoms with Crippen molar-refractivity contribution in [3.05, 3.63) is 34.0 Å². The van der Waals surface area contributed by atoms with Crippen molar-refractivity contribution in [3.8, 4) is 0 Å². The van der Waals surface area contributed by atoms with Crippen molar-refractivity contribution in [2.24, 2.45) is 0 Å². The summed E-state index contributed by atoms with van der Waals surface area (Å²) in [4.78, 5) is 35.1. The Bertz CT molecular complexity index is 768. The van der Waals surface area contributed by atoms with Gasteiger partial charge in [-0.3, -0.25) is 24.8 Å². The molecular weight excluding hydrogens is 304 g/mol. The van der Waals surface area contributed by atoms with Gasteiger partial charge in [0.25, 0.3) is 11.6 Å². The standard InChI is InChI=1S/C14H16N4O5/c1-8(2)17(6-5-12(19)20)14(21)13-10-7-9(18(22)23)3-4-11(10)15-16-13/h3-4,7-8H,5-6H2,1-2H3,(H,15,16)(H,19,20). The monoisotopic (exact) mass is 320 g/mol. The summed E-state index contributed by atoms with van der Waals surface area (Å²) < 4.78 is 0. The van der Waals surface area contributed by atoms with Crippen LogP contribution in [0.4, 0.5) is 5.69 Å². The Balaban J connectivity index is 2.40. The molecule has 0 aliphatic carbocycles. The molecule has 0 unspecified atom stereocenters. The largest absolute Gasteiger partial charge is 0.481 e. The van der Waals surface area contributed by atoms with Gasteiger partial charge in [0.1, 0.15) is 0 Å². The normalized spacial score (nSPS) is 10.9. The van der Waals surface area contributed by atoms with Gasteiger partial charge >= 0.3 is 5.97 Å². The molecule has 0 saturated heterocycles. The van der Waals surface area contributed by atoms with Crippen molar-refractivity contribution < 1.29 is 19.6 Å². The van der Waals surface area contributed by atoms with E-state index in [-0.39, 0.29) is 30.4 Å². The molecule has 1 aromatic heterocycles. The summed E-state index contributed by atoms with van der Waals surface area (Å²) in [6.45, 7) is 3.56. The molecule has 2 aromatic rings. The number of benzene rings is 1. The minimum absolute atomic E-state index is 0.0368. The van der Waals surface area contributed by atoms with Crippen molar-refractivity contribution in [1.29, 1.82) is 0 Å². The van der Waals surface area contributed by atoms with Crippen molar-refractivity contribution in [3.63, 3.8) is 0 Å². The first-order chi connectivity index (χ1) is 10.8. The van der Waals surface area contributed by atoms with Gasteiger partial charge in [0, 0.05) is 30.1 Å². The molecule has 23 heavy (non-hydrogen) atoms. The topological polar surface area (TPSA) is 129 Å². The van der Waals surface area contributed by atoms with Crippen molar-refractivity contribution in [2.45, 2.75) is 26.3 Å². The van der Waals surface area contributed by atoms with Crippen LogP contribution in [0.25, 0.3) is 10.9 Å². The molecular formula is C14H16N4O5. The number of nitrogens with one attached hydrogen (secondary N) is 1. The quantitative estimate of drug-likeness (QED) is 0.616. The van der Waals surface area contributed by atoms with Crippen LogP contribution in [0.2, 0.25) is 0 Å². The molecule has 0 aliphatic heterocycles. The van der Waals surface area contributed by atoms with Gasteiger partial charge in [-0.25, -0.2) is 0 Å². The van der Waals surface area contributed by atoms with E-state index in [1.807, 2.05) is 0 Å². The fraction of sp³-hybridized carbons (Fsp3) is 0.357. The highest BCUT2D eigenvalue weighted by atomic mass is 16.6. The molecule has 1 amide bonds. The van der Waals surface area contributed by atoms with Crippen LogP contribution in [0.1, 0.15) is 30.8 Å². The number of carboxylic acid groups (broad SMARTS) is 1. The number of carboxylic acids is 1. The molecule has 2 rings (SSSR count). The second kappa shape index (κ2) is 6.42. The number of hydrogen-bond acceptors (Lipinski definition) is 5. The van der Waals surface area contributed by atoms with Gasteiger partial charge in [-0.2, -0.15) is 5.10 Å². The summed E-state index contributed by atoms with van der Waals surface area (Å²) in [7, 11) is 0. The Labute approximate surface area is 131 Å². The zero-order valence-corrected chi connectivity index (χ0v) is 12.6. The third kappa shape index (κ3) is 3.44. The summed E-state index contributed by atoms with van der Waals surface area (Å²) in [5.74, 6) is -1.47. The molecule has 0 atom stereocenters. The number of non-ortho nitro benzene ring substituents is 1. The van der Waals surface area contributed by atoms with Crippen molar-refractivity contribution in [2.75, 3.05) is 6.54 Å². The average molecular weight is 320 g/mol. The summed E-state index contributed by atoms with van der Waals surface area (Å²) >= 11 is 0. The number of nitrogens with zero attached hydrogens (tertiary/aromatic N) is 3. The number of hydrogen-bond donors (Lipinski definition) is 2. The van der Waals surface area contributed by atoms with Gasteiger partial charge in [0.15, 0.2) is 5.69 Å². The number of carbonyl (C=O) groups is 2. The zero-order valence-electron chi connectivity index (χ0n) is 12.6. The number of aromatic nitrogens is 2. The van der Waals surface area contributed by atoms with E-state index in [1.54, 1.807) is 13.8 Å². The lowest BCUT2D eigenvalue weighted by Gasteiger charge is -2.25. The molecule has 9 heteroatoms. The van der Waals surface area contributed by atoms with Gasteiger partial charge in [-0.05, 0) is 19.9 Å². The number of H-pyrrole nitrogens is 1. The fourth-order valence-electron chi connectivity index (χ4n) is 2.22. The molecule has 9 nitrogen and oxygen atoms in total. The van der Waals surface area contributed by atoms with Gasteiger partial charge in [0.05, 0.1) is 16.9 Å². The number of carbonyl (C=O) groups excluding carboxylic acids is 1. The van der Waals surface area contributed by atoms with E-state index < -0.39 is 16.8 Å². The molecule has 122 valence electrons. The lowest BCUT2D eigenvalue weighted by atomic mass is 10.1. The lowest BCUT2D eigenvalue weighted by molar-refractivity contribution is -0.384. The van der Waals surface area contributed by atoms with Crippen LogP contribution in [0.5, 0.6) is 0 Å². The Hall–Kier alpha value is -2.97. The highest BCUT2D eigenvalue weighted by molar-refractivity contribution is 6.05. The van der Waals surface area contributed by atoms with Gasteiger partial charge in [-0.15, -0.1) is 0 Å². The lowest BCUT2D eigenvalue weighted by Crippen LogP contribution is -2.38. The van der Waals surface area contributed by atoms with Crippen LogP contribution in [-0.2, 0) is 4.79 Å². The van der Waals surface area contributed by atoms with Crippen LogP contribution >= 0.6 is 0 Å². The first kappa shape index (κ1) is 16.4. The zero-order chi connectivity index (χ0) is 17.1. The van der Waals surface area contributed by atoms with Gasteiger partial charge in [-0.1, -0.05) is 0 Å². The van der Waals surface area contributed by atoms with Gasteiger partial charge < -0.3 is 10.0 Å². The van der Waals surface area contributed by atoms with E-state index in [0.29, 0.717) is 10.9 Å². The maximum absolute atomic E-state index is 12.6. The fourth-order valence-corrected chi connectivity index (χ4v) is 2.22. The minimum Gasteiger partial charge on any atom is -0.481 e. The summed E-state index contributed by atoms with van der Waals surface area (Å²) in [6.07, 6.45) is -0.188. The smallest absolute Gasteiger partial charge is 0.305 e. The predicted molar refractivity (Wildman–Crippen MR) is 81.2 cm³/mol.